The summed E-state index contributed by atoms with van der Waals surface area (Å²) in [6.45, 7) is 4.33. The molecular formula is C15H14ClFO. The zero-order valence-electron chi connectivity index (χ0n) is 10.3. The van der Waals surface area contributed by atoms with E-state index in [2.05, 4.69) is 0 Å². The second kappa shape index (κ2) is 5.40. The summed E-state index contributed by atoms with van der Waals surface area (Å²) in [6, 6.07) is 10.3. The number of hydrogen-bond acceptors (Lipinski definition) is 1. The van der Waals surface area contributed by atoms with Crippen molar-refractivity contribution in [1.82, 2.24) is 0 Å². The molecule has 0 spiro atoms. The molecule has 0 N–H and O–H groups in total. The van der Waals surface area contributed by atoms with Crippen molar-refractivity contribution in [3.8, 4) is 5.75 Å². The highest BCUT2D eigenvalue weighted by Crippen LogP contribution is 2.25. The molecule has 0 atom stereocenters. The fourth-order valence-corrected chi connectivity index (χ4v) is 2.04. The van der Waals surface area contributed by atoms with Crippen LogP contribution in [0.4, 0.5) is 4.39 Å². The SMILES string of the molecule is Cc1cccc(C)c1OCc1ccc(F)cc1Cl. The van der Waals surface area contributed by atoms with Gasteiger partial charge in [0.15, 0.2) is 0 Å². The van der Waals surface area contributed by atoms with Crippen molar-refractivity contribution < 1.29 is 9.13 Å². The van der Waals surface area contributed by atoms with Crippen molar-refractivity contribution in [3.63, 3.8) is 0 Å². The van der Waals surface area contributed by atoms with Crippen LogP contribution in [-0.4, -0.2) is 0 Å². The van der Waals surface area contributed by atoms with Crippen LogP contribution >= 0.6 is 11.6 Å². The third-order valence-electron chi connectivity index (χ3n) is 2.80. The van der Waals surface area contributed by atoms with Crippen LogP contribution in [0.15, 0.2) is 36.4 Å². The van der Waals surface area contributed by atoms with Crippen molar-refractivity contribution in [2.75, 3.05) is 0 Å². The van der Waals surface area contributed by atoms with Crippen LogP contribution in [0, 0.1) is 19.7 Å². The maximum absolute atomic E-state index is 12.9. The fourth-order valence-electron chi connectivity index (χ4n) is 1.82. The first-order valence-corrected chi connectivity index (χ1v) is 6.08. The van der Waals surface area contributed by atoms with Gasteiger partial charge >= 0.3 is 0 Å². The average Bonchev–Trinajstić information content (AvgIpc) is 2.31. The van der Waals surface area contributed by atoms with Crippen molar-refractivity contribution in [3.05, 3.63) is 63.9 Å². The first-order valence-electron chi connectivity index (χ1n) is 5.71. The molecule has 2 aromatic carbocycles. The number of aryl methyl sites for hydroxylation is 2. The van der Waals surface area contributed by atoms with E-state index in [1.54, 1.807) is 6.07 Å². The van der Waals surface area contributed by atoms with E-state index in [1.165, 1.54) is 12.1 Å². The molecule has 0 saturated carbocycles. The van der Waals surface area contributed by atoms with Gasteiger partial charge in [0.2, 0.25) is 0 Å². The highest BCUT2D eigenvalue weighted by atomic mass is 35.5. The van der Waals surface area contributed by atoms with Crippen LogP contribution in [0.1, 0.15) is 16.7 Å². The van der Waals surface area contributed by atoms with Crippen LogP contribution in [-0.2, 0) is 6.61 Å². The minimum atomic E-state index is -0.337. The smallest absolute Gasteiger partial charge is 0.125 e. The van der Waals surface area contributed by atoms with Gasteiger partial charge in [0.25, 0.3) is 0 Å². The molecule has 1 nitrogen and oxygen atoms in total. The number of para-hydroxylation sites is 1. The van der Waals surface area contributed by atoms with Crippen molar-refractivity contribution in [2.45, 2.75) is 20.5 Å². The molecule has 0 fully saturated rings. The fraction of sp³-hybridized carbons (Fsp3) is 0.200. The number of rotatable bonds is 3. The Hall–Kier alpha value is -1.54. The molecule has 0 radical (unpaired) electrons. The summed E-state index contributed by atoms with van der Waals surface area (Å²) in [7, 11) is 0. The average molecular weight is 265 g/mol. The molecule has 2 aromatic rings. The third kappa shape index (κ3) is 2.82. The normalized spacial score (nSPS) is 10.4. The maximum atomic E-state index is 12.9. The molecule has 0 amide bonds. The van der Waals surface area contributed by atoms with Gasteiger partial charge in [0, 0.05) is 5.56 Å². The van der Waals surface area contributed by atoms with E-state index in [9.17, 15) is 4.39 Å². The van der Waals surface area contributed by atoms with E-state index in [0.29, 0.717) is 11.6 Å². The lowest BCUT2D eigenvalue weighted by atomic mass is 10.1. The number of halogens is 2. The number of benzene rings is 2. The van der Waals surface area contributed by atoms with E-state index < -0.39 is 0 Å². The van der Waals surface area contributed by atoms with Gasteiger partial charge in [-0.1, -0.05) is 35.9 Å². The topological polar surface area (TPSA) is 9.23 Å². The van der Waals surface area contributed by atoms with E-state index >= 15 is 0 Å². The number of ether oxygens (including phenoxy) is 1. The maximum Gasteiger partial charge on any atom is 0.125 e. The lowest BCUT2D eigenvalue weighted by Gasteiger charge is -2.12. The third-order valence-corrected chi connectivity index (χ3v) is 3.15. The second-order valence-electron chi connectivity index (χ2n) is 4.25. The molecule has 0 aromatic heterocycles. The highest BCUT2D eigenvalue weighted by molar-refractivity contribution is 6.31. The van der Waals surface area contributed by atoms with Crippen molar-refractivity contribution in [2.24, 2.45) is 0 Å². The van der Waals surface area contributed by atoms with Crippen LogP contribution in [0.3, 0.4) is 0 Å². The van der Waals surface area contributed by atoms with Gasteiger partial charge in [-0.2, -0.15) is 0 Å². The van der Waals surface area contributed by atoms with Gasteiger partial charge in [0.1, 0.15) is 18.2 Å². The summed E-state index contributed by atoms with van der Waals surface area (Å²) >= 11 is 5.96. The summed E-state index contributed by atoms with van der Waals surface area (Å²) in [4.78, 5) is 0. The van der Waals surface area contributed by atoms with Gasteiger partial charge in [-0.3, -0.25) is 0 Å². The Labute approximate surface area is 111 Å². The number of hydrogen-bond donors (Lipinski definition) is 0. The summed E-state index contributed by atoms with van der Waals surface area (Å²) in [5.74, 6) is 0.522. The Morgan fingerprint density at radius 1 is 1.11 bits per heavy atom. The van der Waals surface area contributed by atoms with Gasteiger partial charge in [-0.05, 0) is 37.1 Å². The van der Waals surface area contributed by atoms with Crippen LogP contribution in [0.2, 0.25) is 5.02 Å². The molecule has 0 aliphatic rings. The predicted molar refractivity (Wildman–Crippen MR) is 71.7 cm³/mol. The quantitative estimate of drug-likeness (QED) is 0.782. The van der Waals surface area contributed by atoms with Gasteiger partial charge in [-0.15, -0.1) is 0 Å². The lowest BCUT2D eigenvalue weighted by molar-refractivity contribution is 0.302. The molecule has 18 heavy (non-hydrogen) atoms. The molecular weight excluding hydrogens is 251 g/mol. The molecule has 0 unspecified atom stereocenters. The Morgan fingerprint density at radius 3 is 2.39 bits per heavy atom. The summed E-state index contributed by atoms with van der Waals surface area (Å²) < 4.78 is 18.7. The van der Waals surface area contributed by atoms with Crippen molar-refractivity contribution >= 4 is 11.6 Å². The standard InChI is InChI=1S/C15H14ClFO/c1-10-4-3-5-11(2)15(10)18-9-12-6-7-13(17)8-14(12)16/h3-8H,9H2,1-2H3. The Balaban J connectivity index is 2.16. The molecule has 0 saturated heterocycles. The Bertz CT molecular complexity index is 546. The first-order chi connectivity index (χ1) is 8.58. The predicted octanol–water partition coefficient (Wildman–Crippen LogP) is 4.67. The summed E-state index contributed by atoms with van der Waals surface area (Å²) in [5.41, 5.74) is 2.93. The van der Waals surface area contributed by atoms with E-state index in [1.807, 2.05) is 32.0 Å². The van der Waals surface area contributed by atoms with Gasteiger partial charge in [0.05, 0.1) is 5.02 Å². The minimum absolute atomic E-state index is 0.337. The molecule has 0 aliphatic carbocycles. The highest BCUT2D eigenvalue weighted by Gasteiger charge is 2.06. The van der Waals surface area contributed by atoms with Crippen molar-refractivity contribution in [1.29, 1.82) is 0 Å². The Kier molecular flexibility index (Phi) is 3.87. The minimum Gasteiger partial charge on any atom is -0.488 e. The second-order valence-corrected chi connectivity index (χ2v) is 4.65. The van der Waals surface area contributed by atoms with Gasteiger partial charge in [-0.25, -0.2) is 4.39 Å². The monoisotopic (exact) mass is 264 g/mol. The Morgan fingerprint density at radius 2 is 1.78 bits per heavy atom. The largest absolute Gasteiger partial charge is 0.488 e. The van der Waals surface area contributed by atoms with E-state index in [-0.39, 0.29) is 5.82 Å². The molecule has 0 bridgehead atoms. The molecule has 3 heteroatoms. The lowest BCUT2D eigenvalue weighted by Crippen LogP contribution is -1.99. The molecule has 94 valence electrons. The first kappa shape index (κ1) is 12.9. The molecule has 0 aliphatic heterocycles. The summed E-state index contributed by atoms with van der Waals surface area (Å²) in [6.07, 6.45) is 0. The van der Waals surface area contributed by atoms with Crippen LogP contribution in [0.5, 0.6) is 5.75 Å². The van der Waals surface area contributed by atoms with E-state index in [4.69, 9.17) is 16.3 Å². The van der Waals surface area contributed by atoms with Crippen LogP contribution in [0.25, 0.3) is 0 Å². The van der Waals surface area contributed by atoms with E-state index in [0.717, 1.165) is 22.4 Å². The zero-order chi connectivity index (χ0) is 13.1. The zero-order valence-corrected chi connectivity index (χ0v) is 11.1. The summed E-state index contributed by atoms with van der Waals surface area (Å²) in [5, 5.41) is 0.390. The van der Waals surface area contributed by atoms with Crippen LogP contribution < -0.4 is 4.74 Å². The molecule has 2 rings (SSSR count). The van der Waals surface area contributed by atoms with Gasteiger partial charge < -0.3 is 4.74 Å². The molecule has 0 heterocycles.